The van der Waals surface area contributed by atoms with Crippen molar-refractivity contribution in [3.63, 3.8) is 0 Å². The topological polar surface area (TPSA) is 125 Å². The van der Waals surface area contributed by atoms with Crippen LogP contribution in [0.15, 0.2) is 34.3 Å². The molecule has 2 aliphatic heterocycles. The van der Waals surface area contributed by atoms with Gasteiger partial charge in [-0.1, -0.05) is 11.8 Å². The first-order chi connectivity index (χ1) is 17.8. The molecule has 3 aliphatic rings. The van der Waals surface area contributed by atoms with Crippen LogP contribution in [0.4, 0.5) is 4.39 Å². The van der Waals surface area contributed by atoms with E-state index in [0.29, 0.717) is 55.8 Å². The molecule has 9 nitrogen and oxygen atoms in total. The maximum atomic E-state index is 14.4. The molecule has 200 valence electrons. The Balaban J connectivity index is 1.20. The highest BCUT2D eigenvalue weighted by Crippen LogP contribution is 2.40. The molecule has 0 spiro atoms. The summed E-state index contributed by atoms with van der Waals surface area (Å²) in [6, 6.07) is 4.54. The van der Waals surface area contributed by atoms with Crippen LogP contribution in [-0.4, -0.2) is 67.4 Å². The van der Waals surface area contributed by atoms with Gasteiger partial charge in [-0.2, -0.15) is 0 Å². The zero-order valence-electron chi connectivity index (χ0n) is 20.5. The van der Waals surface area contributed by atoms with Gasteiger partial charge < -0.3 is 14.4 Å². The third-order valence-corrected chi connectivity index (χ3v) is 9.20. The Hall–Kier alpha value is -2.28. The fourth-order valence-corrected chi connectivity index (χ4v) is 6.11. The summed E-state index contributed by atoms with van der Waals surface area (Å²) in [6.07, 6.45) is 6.50. The fourth-order valence-electron chi connectivity index (χ4n) is 4.60. The summed E-state index contributed by atoms with van der Waals surface area (Å²) in [7, 11) is -4.01. The van der Waals surface area contributed by atoms with Gasteiger partial charge in [0.2, 0.25) is 15.9 Å². The number of nitrogens with zero attached hydrogens (tertiary/aromatic N) is 3. The van der Waals surface area contributed by atoms with Crippen molar-refractivity contribution in [3.05, 3.63) is 41.5 Å². The van der Waals surface area contributed by atoms with Crippen LogP contribution in [0, 0.1) is 11.7 Å². The third-order valence-electron chi connectivity index (χ3n) is 6.99. The van der Waals surface area contributed by atoms with Gasteiger partial charge in [0.15, 0.2) is 5.82 Å². The summed E-state index contributed by atoms with van der Waals surface area (Å²) in [5, 5.41) is 5.24. The number of ether oxygens (including phenoxy) is 2. The molecule has 0 unspecified atom stereocenters. The molecule has 5 rings (SSSR count). The Morgan fingerprint density at radius 2 is 1.86 bits per heavy atom. The van der Waals surface area contributed by atoms with Crippen LogP contribution in [0.3, 0.4) is 0 Å². The van der Waals surface area contributed by atoms with Crippen molar-refractivity contribution >= 4 is 27.7 Å². The van der Waals surface area contributed by atoms with E-state index in [1.54, 1.807) is 6.07 Å². The van der Waals surface area contributed by atoms with Crippen LogP contribution in [0.2, 0.25) is 0 Å². The van der Waals surface area contributed by atoms with Gasteiger partial charge in [-0.3, -0.25) is 4.79 Å². The smallest absolute Gasteiger partial charge is 0.254 e. The van der Waals surface area contributed by atoms with Gasteiger partial charge in [0.05, 0.1) is 6.61 Å². The molecular weight excluding hydrogens is 519 g/mol. The predicted molar refractivity (Wildman–Crippen MR) is 136 cm³/mol. The lowest BCUT2D eigenvalue weighted by Crippen LogP contribution is -2.39. The van der Waals surface area contributed by atoms with Crippen LogP contribution in [0.5, 0.6) is 5.88 Å². The van der Waals surface area contributed by atoms with Crippen LogP contribution in [0.25, 0.3) is 0 Å². The van der Waals surface area contributed by atoms with Crippen molar-refractivity contribution in [1.82, 2.24) is 14.9 Å². The highest BCUT2D eigenvalue weighted by atomic mass is 32.2. The Morgan fingerprint density at radius 3 is 2.51 bits per heavy atom. The van der Waals surface area contributed by atoms with Crippen molar-refractivity contribution in [1.29, 1.82) is 0 Å². The van der Waals surface area contributed by atoms with Gasteiger partial charge >= 0.3 is 0 Å². The molecule has 3 fully saturated rings. The molecule has 2 aromatic heterocycles. The lowest BCUT2D eigenvalue weighted by Gasteiger charge is -2.31. The molecule has 1 saturated carbocycles. The van der Waals surface area contributed by atoms with Crippen LogP contribution < -0.4 is 9.88 Å². The van der Waals surface area contributed by atoms with Crippen LogP contribution >= 0.6 is 11.8 Å². The van der Waals surface area contributed by atoms with E-state index in [-0.39, 0.29) is 21.1 Å². The van der Waals surface area contributed by atoms with Gasteiger partial charge in [0, 0.05) is 61.0 Å². The van der Waals surface area contributed by atoms with Crippen molar-refractivity contribution in [2.45, 2.75) is 59.6 Å². The van der Waals surface area contributed by atoms with E-state index in [1.807, 2.05) is 11.0 Å². The minimum Gasteiger partial charge on any atom is -0.477 e. The summed E-state index contributed by atoms with van der Waals surface area (Å²) in [5.74, 6) is 0.571. The van der Waals surface area contributed by atoms with E-state index < -0.39 is 15.8 Å². The summed E-state index contributed by atoms with van der Waals surface area (Å²) < 4.78 is 48.7. The number of primary sulfonamides is 1. The van der Waals surface area contributed by atoms with E-state index in [1.165, 1.54) is 11.8 Å². The number of aromatic nitrogens is 2. The first-order valence-electron chi connectivity index (χ1n) is 12.6. The van der Waals surface area contributed by atoms with Gasteiger partial charge in [-0.25, -0.2) is 27.9 Å². The zero-order valence-corrected chi connectivity index (χ0v) is 22.1. The predicted octanol–water partition coefficient (Wildman–Crippen LogP) is 3.34. The number of likely N-dealkylation sites (tertiary alicyclic amines) is 1. The molecule has 0 aromatic carbocycles. The molecule has 0 bridgehead atoms. The summed E-state index contributed by atoms with van der Waals surface area (Å²) in [4.78, 5) is 23.5. The Morgan fingerprint density at radius 1 is 1.14 bits per heavy atom. The number of rotatable bonds is 8. The summed E-state index contributed by atoms with van der Waals surface area (Å²) in [5.41, 5.74) is 1.51. The molecule has 0 atom stereocenters. The Labute approximate surface area is 220 Å². The number of carbonyl (C=O) groups excluding carboxylic acids is 1. The van der Waals surface area contributed by atoms with E-state index in [9.17, 15) is 17.6 Å². The second kappa shape index (κ2) is 11.2. The fraction of sp³-hybridized carbons (Fsp3) is 0.560. The van der Waals surface area contributed by atoms with Crippen molar-refractivity contribution < 1.29 is 27.1 Å². The van der Waals surface area contributed by atoms with E-state index in [4.69, 9.17) is 14.6 Å². The molecule has 12 heteroatoms. The number of amides is 1. The van der Waals surface area contributed by atoms with Crippen molar-refractivity contribution in [2.24, 2.45) is 11.1 Å². The lowest BCUT2D eigenvalue weighted by molar-refractivity contribution is 0.0490. The van der Waals surface area contributed by atoms with Crippen molar-refractivity contribution in [3.8, 4) is 5.88 Å². The number of hydrogen-bond acceptors (Lipinski definition) is 8. The zero-order chi connectivity index (χ0) is 26.0. The number of hydrogen-bond donors (Lipinski definition) is 1. The van der Waals surface area contributed by atoms with Gasteiger partial charge in [-0.05, 0) is 56.6 Å². The highest BCUT2D eigenvalue weighted by Gasteiger charge is 2.30. The van der Waals surface area contributed by atoms with E-state index in [0.717, 1.165) is 56.9 Å². The quantitative estimate of drug-likeness (QED) is 0.531. The summed E-state index contributed by atoms with van der Waals surface area (Å²) in [6.45, 7) is 3.15. The number of carbonyl (C=O) groups is 1. The van der Waals surface area contributed by atoms with Gasteiger partial charge in [0.1, 0.15) is 9.92 Å². The van der Waals surface area contributed by atoms with Crippen LogP contribution in [0.1, 0.15) is 60.5 Å². The SMILES string of the molecule is NS(=O)(=O)c1cnc(SC2CCN(C(=O)c3cc(OCC4CCOCC4)nc(C4CC4)c3)CC2)c(F)c1. The maximum absolute atomic E-state index is 14.4. The standard InChI is InChI=1S/C25H31FN4O5S2/c26-21-13-20(37(27,32)33)14-28-24(21)36-19-3-7-30(8-4-19)25(31)18-11-22(17-1-2-17)29-23(12-18)35-15-16-5-9-34-10-6-16/h11-14,16-17,19H,1-10,15H2,(H2,27,32,33). The number of pyridine rings is 2. The lowest BCUT2D eigenvalue weighted by atomic mass is 10.0. The number of sulfonamides is 1. The van der Waals surface area contributed by atoms with E-state index in [2.05, 4.69) is 9.97 Å². The molecule has 2 aromatic rings. The number of thioether (sulfide) groups is 1. The highest BCUT2D eigenvalue weighted by molar-refractivity contribution is 7.99. The average Bonchev–Trinajstić information content (AvgIpc) is 3.74. The number of piperidine rings is 1. The van der Waals surface area contributed by atoms with Gasteiger partial charge in [-0.15, -0.1) is 0 Å². The number of halogens is 1. The third kappa shape index (κ3) is 6.78. The molecule has 1 aliphatic carbocycles. The average molecular weight is 551 g/mol. The minimum absolute atomic E-state index is 0.0505. The number of nitrogens with two attached hydrogens (primary N) is 1. The Kier molecular flexibility index (Phi) is 7.99. The molecule has 37 heavy (non-hydrogen) atoms. The molecular formula is C25H31FN4O5S2. The first-order valence-corrected chi connectivity index (χ1v) is 15.1. The molecule has 1 amide bonds. The second-order valence-electron chi connectivity index (χ2n) is 9.87. The molecule has 0 radical (unpaired) electrons. The first kappa shape index (κ1) is 26.3. The molecule has 4 heterocycles. The monoisotopic (exact) mass is 550 g/mol. The summed E-state index contributed by atoms with van der Waals surface area (Å²) >= 11 is 1.26. The van der Waals surface area contributed by atoms with E-state index >= 15 is 0 Å². The minimum atomic E-state index is -4.01. The maximum Gasteiger partial charge on any atom is 0.254 e. The largest absolute Gasteiger partial charge is 0.477 e. The second-order valence-corrected chi connectivity index (χ2v) is 12.7. The molecule has 2 saturated heterocycles. The van der Waals surface area contributed by atoms with Crippen LogP contribution in [-0.2, 0) is 14.8 Å². The normalized spacial score (nSPS) is 19.7. The van der Waals surface area contributed by atoms with Gasteiger partial charge in [0.25, 0.3) is 5.91 Å². The Bertz CT molecular complexity index is 1240. The molecule has 2 N–H and O–H groups in total. The van der Waals surface area contributed by atoms with Crippen molar-refractivity contribution in [2.75, 3.05) is 32.9 Å².